The van der Waals surface area contributed by atoms with Gasteiger partial charge in [0.25, 0.3) is 0 Å². The van der Waals surface area contributed by atoms with Gasteiger partial charge in [-0.3, -0.25) is 4.79 Å². The van der Waals surface area contributed by atoms with Crippen LogP contribution in [0.5, 0.6) is 0 Å². The van der Waals surface area contributed by atoms with Gasteiger partial charge >= 0.3 is 0 Å². The van der Waals surface area contributed by atoms with Gasteiger partial charge in [-0.2, -0.15) is 0 Å². The third-order valence-electron chi connectivity index (χ3n) is 3.10. The Morgan fingerprint density at radius 3 is 2.67 bits per heavy atom. The van der Waals surface area contributed by atoms with Crippen molar-refractivity contribution >= 4 is 17.5 Å². The average Bonchev–Trinajstić information content (AvgIpc) is 2.90. The Labute approximate surface area is 131 Å². The van der Waals surface area contributed by atoms with Crippen molar-refractivity contribution in [3.05, 3.63) is 11.9 Å². The number of nitrogens with zero attached hydrogens (tertiary/aromatic N) is 4. The first-order valence-electron chi connectivity index (χ1n) is 6.96. The molecule has 0 saturated carbocycles. The second-order valence-electron chi connectivity index (χ2n) is 5.96. The molecule has 0 aliphatic heterocycles. The fraction of sp³-hybridized carbons (Fsp3) is 0.667. The summed E-state index contributed by atoms with van der Waals surface area (Å²) in [4.78, 5) is 13.7. The lowest BCUT2D eigenvalue weighted by atomic mass is 10.1. The maximum atomic E-state index is 12.0. The monoisotopic (exact) mass is 310 g/mol. The van der Waals surface area contributed by atoms with E-state index in [2.05, 4.69) is 22.2 Å². The third-order valence-corrected chi connectivity index (χ3v) is 3.33. The maximum absolute atomic E-state index is 12.0. The molecule has 0 radical (unpaired) electrons. The Morgan fingerprint density at radius 1 is 1.52 bits per heavy atom. The van der Waals surface area contributed by atoms with Crippen molar-refractivity contribution in [2.24, 2.45) is 0 Å². The zero-order valence-electron chi connectivity index (χ0n) is 13.4. The lowest BCUT2D eigenvalue weighted by Gasteiger charge is -2.26. The summed E-state index contributed by atoms with van der Waals surface area (Å²) in [5.74, 6) is 5.68. The summed E-state index contributed by atoms with van der Waals surface area (Å²) in [5.41, 5.74) is 0.617. The lowest BCUT2D eigenvalue weighted by Crippen LogP contribution is -2.38. The van der Waals surface area contributed by atoms with Gasteiger partial charge in [-0.15, -0.1) is 28.5 Å². The third kappa shape index (κ3) is 5.05. The zero-order chi connectivity index (χ0) is 16.0. The summed E-state index contributed by atoms with van der Waals surface area (Å²) in [6.45, 7) is 10.3. The van der Waals surface area contributed by atoms with Gasteiger partial charge in [0.15, 0.2) is 0 Å². The number of carbonyl (C=O) groups excluding carboxylic acids is 1. The number of amides is 1. The quantitative estimate of drug-likeness (QED) is 0.620. The Bertz CT molecular complexity index is 536. The molecule has 1 aromatic heterocycles. The molecule has 116 valence electrons. The van der Waals surface area contributed by atoms with E-state index in [-0.39, 0.29) is 23.4 Å². The average molecular weight is 311 g/mol. The smallest absolute Gasteiger partial charge is 0.238 e. The molecule has 21 heavy (non-hydrogen) atoms. The molecule has 5 nitrogen and oxygen atoms in total. The molecule has 1 heterocycles. The van der Waals surface area contributed by atoms with E-state index >= 15 is 0 Å². The minimum Gasteiger partial charge on any atom is -0.332 e. The first-order chi connectivity index (χ1) is 9.79. The van der Waals surface area contributed by atoms with Crippen LogP contribution in [0.25, 0.3) is 0 Å². The molecule has 0 bridgehead atoms. The predicted octanol–water partition coefficient (Wildman–Crippen LogP) is 2.40. The number of rotatable bonds is 5. The van der Waals surface area contributed by atoms with E-state index in [1.807, 2.05) is 33.9 Å². The fourth-order valence-electron chi connectivity index (χ4n) is 1.80. The summed E-state index contributed by atoms with van der Waals surface area (Å²) in [5, 5.41) is 8.26. The van der Waals surface area contributed by atoms with Gasteiger partial charge in [-0.1, -0.05) is 5.21 Å². The summed E-state index contributed by atoms with van der Waals surface area (Å²) in [7, 11) is 0. The van der Waals surface area contributed by atoms with E-state index in [9.17, 15) is 4.79 Å². The van der Waals surface area contributed by atoms with Crippen LogP contribution in [-0.4, -0.2) is 37.7 Å². The molecule has 0 N–H and O–H groups in total. The number of carbonyl (C=O) groups is 1. The molecular weight excluding hydrogens is 288 g/mol. The molecule has 0 aromatic carbocycles. The minimum atomic E-state index is -0.133. The van der Waals surface area contributed by atoms with Crippen LogP contribution in [0.4, 0.5) is 0 Å². The van der Waals surface area contributed by atoms with Crippen LogP contribution in [-0.2, 0) is 16.9 Å². The van der Waals surface area contributed by atoms with E-state index in [4.69, 9.17) is 11.6 Å². The molecule has 6 heteroatoms. The van der Waals surface area contributed by atoms with Crippen LogP contribution in [0, 0.1) is 11.8 Å². The Hall–Kier alpha value is -1.54. The van der Waals surface area contributed by atoms with E-state index < -0.39 is 0 Å². The van der Waals surface area contributed by atoms with Crippen LogP contribution in [0.1, 0.15) is 46.7 Å². The van der Waals surface area contributed by atoms with E-state index in [1.165, 1.54) is 0 Å². The van der Waals surface area contributed by atoms with Crippen LogP contribution in [0.3, 0.4) is 0 Å². The molecule has 1 amide bonds. The van der Waals surface area contributed by atoms with Crippen molar-refractivity contribution < 1.29 is 4.79 Å². The second kappa shape index (κ2) is 7.46. The van der Waals surface area contributed by atoms with Gasteiger partial charge in [-0.25, -0.2) is 4.68 Å². The second-order valence-corrected chi connectivity index (χ2v) is 6.23. The molecule has 0 fully saturated rings. The van der Waals surface area contributed by atoms with Crippen LogP contribution in [0.2, 0.25) is 0 Å². The number of hydrogen-bond acceptors (Lipinski definition) is 3. The number of alkyl halides is 1. The van der Waals surface area contributed by atoms with Crippen molar-refractivity contribution in [3.8, 4) is 11.8 Å². The van der Waals surface area contributed by atoms with Crippen molar-refractivity contribution in [2.45, 2.75) is 59.2 Å². The molecule has 0 spiro atoms. The Balaban J connectivity index is 2.88. The summed E-state index contributed by atoms with van der Waals surface area (Å²) >= 11 is 5.70. The molecule has 1 atom stereocenters. The summed E-state index contributed by atoms with van der Waals surface area (Å²) < 4.78 is 1.79. The lowest BCUT2D eigenvalue weighted by molar-refractivity contribution is -0.131. The topological polar surface area (TPSA) is 51.0 Å². The van der Waals surface area contributed by atoms with Crippen molar-refractivity contribution in [2.75, 3.05) is 5.88 Å². The highest BCUT2D eigenvalue weighted by atomic mass is 35.5. The van der Waals surface area contributed by atoms with Crippen LogP contribution >= 0.6 is 11.6 Å². The van der Waals surface area contributed by atoms with E-state index in [0.29, 0.717) is 13.0 Å². The molecule has 0 aliphatic carbocycles. The van der Waals surface area contributed by atoms with Gasteiger partial charge in [0.05, 0.1) is 18.3 Å². The van der Waals surface area contributed by atoms with E-state index in [1.54, 1.807) is 16.5 Å². The molecule has 0 aliphatic rings. The summed E-state index contributed by atoms with van der Waals surface area (Å²) in [6.07, 6.45) is 2.49. The largest absolute Gasteiger partial charge is 0.332 e. The first-order valence-corrected chi connectivity index (χ1v) is 7.49. The van der Waals surface area contributed by atoms with Gasteiger partial charge < -0.3 is 4.90 Å². The van der Waals surface area contributed by atoms with Gasteiger partial charge in [0, 0.05) is 12.5 Å². The molecule has 0 saturated heterocycles. The van der Waals surface area contributed by atoms with Crippen molar-refractivity contribution in [1.82, 2.24) is 19.9 Å². The maximum Gasteiger partial charge on any atom is 0.238 e. The molecule has 1 rings (SSSR count). The predicted molar refractivity (Wildman–Crippen MR) is 83.8 cm³/mol. The standard InChI is InChI=1S/C15H23ClN4O/c1-6-7-8-12(2)19(14(21)9-16)10-13-11-20(18-17-13)15(3,4)5/h11-12H,8-10H2,1-5H3. The Morgan fingerprint density at radius 2 is 2.19 bits per heavy atom. The van der Waals surface area contributed by atoms with Gasteiger partial charge in [-0.05, 0) is 34.6 Å². The number of hydrogen-bond donors (Lipinski definition) is 0. The van der Waals surface area contributed by atoms with Crippen molar-refractivity contribution in [1.29, 1.82) is 0 Å². The molecule has 1 unspecified atom stereocenters. The van der Waals surface area contributed by atoms with E-state index in [0.717, 1.165) is 5.69 Å². The first kappa shape index (κ1) is 17.5. The highest BCUT2D eigenvalue weighted by molar-refractivity contribution is 6.27. The number of aromatic nitrogens is 3. The SMILES string of the molecule is CC#CCC(C)N(Cc1cn(C(C)(C)C)nn1)C(=O)CCl. The summed E-state index contributed by atoms with van der Waals surface area (Å²) in [6, 6.07) is -0.0107. The van der Waals surface area contributed by atoms with Gasteiger partial charge in [0.1, 0.15) is 11.6 Å². The highest BCUT2D eigenvalue weighted by Crippen LogP contribution is 2.14. The molecular formula is C15H23ClN4O. The molecule has 1 aromatic rings. The zero-order valence-corrected chi connectivity index (χ0v) is 14.1. The normalized spacial score (nSPS) is 12.5. The minimum absolute atomic E-state index is 0.0107. The van der Waals surface area contributed by atoms with Crippen molar-refractivity contribution in [3.63, 3.8) is 0 Å². The van der Waals surface area contributed by atoms with Gasteiger partial charge in [0.2, 0.25) is 5.91 Å². The fourth-order valence-corrected chi connectivity index (χ4v) is 1.95. The highest BCUT2D eigenvalue weighted by Gasteiger charge is 2.22. The number of halogens is 1. The Kier molecular flexibility index (Phi) is 6.22. The van der Waals surface area contributed by atoms with Crippen LogP contribution in [0.15, 0.2) is 6.20 Å². The van der Waals surface area contributed by atoms with Crippen LogP contribution < -0.4 is 0 Å².